The second-order valence-corrected chi connectivity index (χ2v) is 7.15. The van der Waals surface area contributed by atoms with E-state index < -0.39 is 35.8 Å². The molecule has 28 heavy (non-hydrogen) atoms. The molecule has 1 aliphatic heterocycles. The average Bonchev–Trinajstić information content (AvgIpc) is 2.94. The molecule has 2 rings (SSSR count). The molecule has 1 aromatic carbocycles. The summed E-state index contributed by atoms with van der Waals surface area (Å²) in [5, 5.41) is 8.61. The van der Waals surface area contributed by atoms with Crippen LogP contribution in [0.3, 0.4) is 0 Å². The van der Waals surface area contributed by atoms with Crippen molar-refractivity contribution in [3.05, 3.63) is 35.4 Å². The third kappa shape index (κ3) is 4.34. The zero-order valence-electron chi connectivity index (χ0n) is 15.9. The highest BCUT2D eigenvalue weighted by Crippen LogP contribution is 2.26. The van der Waals surface area contributed by atoms with Crippen molar-refractivity contribution in [2.75, 3.05) is 25.6 Å². The van der Waals surface area contributed by atoms with Crippen molar-refractivity contribution in [1.82, 2.24) is 9.80 Å². The molecule has 0 spiro atoms. The number of benzene rings is 1. The minimum absolute atomic E-state index is 0.148. The van der Waals surface area contributed by atoms with E-state index in [1.807, 2.05) is 6.07 Å². The Labute approximate surface area is 167 Å². The number of nitriles is 1. The number of ether oxygens (including phenoxy) is 1. The van der Waals surface area contributed by atoms with E-state index in [0.29, 0.717) is 0 Å². The van der Waals surface area contributed by atoms with Gasteiger partial charge in [0.2, 0.25) is 0 Å². The summed E-state index contributed by atoms with van der Waals surface area (Å²) >= 11 is 1.28. The number of amides is 3. The van der Waals surface area contributed by atoms with Gasteiger partial charge >= 0.3 is 5.97 Å². The summed E-state index contributed by atoms with van der Waals surface area (Å²) in [5.41, 5.74) is 0.485. The van der Waals surface area contributed by atoms with E-state index in [9.17, 15) is 19.2 Å². The number of carbonyl (C=O) groups is 4. The minimum Gasteiger partial charge on any atom is -0.451 e. The molecule has 0 fully saturated rings. The first-order valence-corrected chi connectivity index (χ1v) is 10.0. The molecule has 0 radical (unpaired) electrons. The summed E-state index contributed by atoms with van der Waals surface area (Å²) in [5.74, 6) is -2.24. The van der Waals surface area contributed by atoms with Crippen molar-refractivity contribution >= 4 is 35.5 Å². The Kier molecular flexibility index (Phi) is 7.18. The first-order valence-electron chi connectivity index (χ1n) is 8.61. The lowest BCUT2D eigenvalue weighted by Crippen LogP contribution is -2.49. The Morgan fingerprint density at radius 2 is 1.82 bits per heavy atom. The summed E-state index contributed by atoms with van der Waals surface area (Å²) in [6.45, 7) is 1.63. The molecule has 2 atom stereocenters. The van der Waals surface area contributed by atoms with Crippen LogP contribution >= 0.6 is 11.8 Å². The molecule has 3 amide bonds. The van der Waals surface area contributed by atoms with Gasteiger partial charge in [-0.3, -0.25) is 19.3 Å². The molecule has 9 heteroatoms. The lowest BCUT2D eigenvalue weighted by Gasteiger charge is -2.26. The van der Waals surface area contributed by atoms with Crippen LogP contribution in [0.4, 0.5) is 0 Å². The zero-order chi connectivity index (χ0) is 20.8. The third-order valence-electron chi connectivity index (χ3n) is 4.31. The number of imide groups is 1. The fraction of sp³-hybridized carbons (Fsp3) is 0.421. The molecular formula is C19H21N3O5S. The monoisotopic (exact) mass is 403 g/mol. The van der Waals surface area contributed by atoms with Crippen LogP contribution in [0.5, 0.6) is 0 Å². The molecule has 1 aromatic rings. The fourth-order valence-electron chi connectivity index (χ4n) is 2.84. The lowest BCUT2D eigenvalue weighted by molar-refractivity contribution is -0.161. The van der Waals surface area contributed by atoms with Crippen LogP contribution in [-0.2, 0) is 14.3 Å². The highest BCUT2D eigenvalue weighted by atomic mass is 32.2. The van der Waals surface area contributed by atoms with E-state index in [4.69, 9.17) is 10.00 Å². The molecule has 1 heterocycles. The van der Waals surface area contributed by atoms with Gasteiger partial charge in [0, 0.05) is 19.3 Å². The molecule has 8 nitrogen and oxygen atoms in total. The maximum absolute atomic E-state index is 12.7. The zero-order valence-corrected chi connectivity index (χ0v) is 16.7. The fourth-order valence-corrected chi connectivity index (χ4v) is 3.44. The van der Waals surface area contributed by atoms with Gasteiger partial charge in [0.15, 0.2) is 6.10 Å². The summed E-state index contributed by atoms with van der Waals surface area (Å²) in [6, 6.07) is 7.16. The summed E-state index contributed by atoms with van der Waals surface area (Å²) in [4.78, 5) is 52.5. The van der Waals surface area contributed by atoms with Gasteiger partial charge in [-0.15, -0.1) is 0 Å². The predicted molar refractivity (Wildman–Crippen MR) is 103 cm³/mol. The Morgan fingerprint density at radius 1 is 1.25 bits per heavy atom. The van der Waals surface area contributed by atoms with Gasteiger partial charge in [0.1, 0.15) is 6.04 Å². The van der Waals surface area contributed by atoms with E-state index in [1.54, 1.807) is 18.4 Å². The minimum atomic E-state index is -1.14. The molecule has 0 saturated carbocycles. The highest BCUT2D eigenvalue weighted by Gasteiger charge is 2.43. The SMILES string of the molecule is CSC[C@@H](C(=O)O[C@@H](C)C(=O)N(C)CCC#N)N1C(=O)c2ccccc2C1=O. The second kappa shape index (κ2) is 9.37. The van der Waals surface area contributed by atoms with E-state index in [0.717, 1.165) is 4.90 Å². The number of likely N-dealkylation sites (N-methyl/N-ethyl adjacent to an activating group) is 1. The number of hydrogen-bond acceptors (Lipinski definition) is 7. The Morgan fingerprint density at radius 3 is 2.32 bits per heavy atom. The van der Waals surface area contributed by atoms with E-state index in [2.05, 4.69) is 0 Å². The standard InChI is InChI=1S/C19H21N3O5S/c1-12(16(23)21(2)10-6-9-20)27-19(26)15(11-28-3)22-17(24)13-7-4-5-8-14(13)18(22)25/h4-5,7-8,12,15H,6,10-11H2,1-3H3/t12-,15-/m0/s1. The van der Waals surface area contributed by atoms with Crippen LogP contribution < -0.4 is 0 Å². The largest absolute Gasteiger partial charge is 0.451 e. The van der Waals surface area contributed by atoms with Crippen molar-refractivity contribution in [3.8, 4) is 6.07 Å². The van der Waals surface area contributed by atoms with E-state index >= 15 is 0 Å². The Balaban J connectivity index is 2.15. The van der Waals surface area contributed by atoms with Crippen LogP contribution in [0, 0.1) is 11.3 Å². The van der Waals surface area contributed by atoms with Gasteiger partial charge in [-0.1, -0.05) is 12.1 Å². The smallest absolute Gasteiger partial charge is 0.331 e. The van der Waals surface area contributed by atoms with Crippen molar-refractivity contribution < 1.29 is 23.9 Å². The first-order chi connectivity index (χ1) is 13.3. The number of fused-ring (bicyclic) bond motifs is 1. The molecule has 0 bridgehead atoms. The number of esters is 1. The maximum atomic E-state index is 12.7. The summed E-state index contributed by atoms with van der Waals surface area (Å²) < 4.78 is 5.26. The molecule has 0 aliphatic carbocycles. The van der Waals surface area contributed by atoms with Crippen LogP contribution in [0.1, 0.15) is 34.1 Å². The van der Waals surface area contributed by atoms with Crippen molar-refractivity contribution in [2.45, 2.75) is 25.5 Å². The second-order valence-electron chi connectivity index (χ2n) is 6.24. The van der Waals surface area contributed by atoms with Crippen molar-refractivity contribution in [1.29, 1.82) is 5.26 Å². The van der Waals surface area contributed by atoms with Gasteiger partial charge in [-0.05, 0) is 25.3 Å². The van der Waals surface area contributed by atoms with E-state index in [1.165, 1.54) is 42.8 Å². The van der Waals surface area contributed by atoms with E-state index in [-0.39, 0.29) is 29.8 Å². The summed E-state index contributed by atoms with van der Waals surface area (Å²) in [6.07, 6.45) is 0.797. The molecule has 1 aliphatic rings. The van der Waals surface area contributed by atoms with Gasteiger partial charge in [0.25, 0.3) is 17.7 Å². The van der Waals surface area contributed by atoms with Crippen LogP contribution in [0.2, 0.25) is 0 Å². The van der Waals surface area contributed by atoms with Gasteiger partial charge in [0.05, 0.1) is 23.6 Å². The van der Waals surface area contributed by atoms with Crippen LogP contribution in [0.25, 0.3) is 0 Å². The number of carbonyl (C=O) groups excluding carboxylic acids is 4. The van der Waals surface area contributed by atoms with Gasteiger partial charge in [-0.25, -0.2) is 4.79 Å². The number of hydrogen-bond donors (Lipinski definition) is 0. The third-order valence-corrected chi connectivity index (χ3v) is 4.96. The van der Waals surface area contributed by atoms with Gasteiger partial charge < -0.3 is 9.64 Å². The Hall–Kier alpha value is -2.86. The molecule has 0 aromatic heterocycles. The predicted octanol–water partition coefficient (Wildman–Crippen LogP) is 1.32. The lowest BCUT2D eigenvalue weighted by atomic mass is 10.1. The van der Waals surface area contributed by atoms with Crippen molar-refractivity contribution in [2.24, 2.45) is 0 Å². The number of rotatable bonds is 8. The molecule has 0 N–H and O–H groups in total. The highest BCUT2D eigenvalue weighted by molar-refractivity contribution is 7.98. The van der Waals surface area contributed by atoms with Crippen LogP contribution in [0.15, 0.2) is 24.3 Å². The van der Waals surface area contributed by atoms with Crippen molar-refractivity contribution in [3.63, 3.8) is 0 Å². The molecule has 0 saturated heterocycles. The topological polar surface area (TPSA) is 108 Å². The van der Waals surface area contributed by atoms with Gasteiger partial charge in [-0.2, -0.15) is 17.0 Å². The quantitative estimate of drug-likeness (QED) is 0.476. The van der Waals surface area contributed by atoms with Crippen LogP contribution in [-0.4, -0.2) is 71.2 Å². The number of nitrogens with zero attached hydrogens (tertiary/aromatic N) is 3. The Bertz CT molecular complexity index is 800. The maximum Gasteiger partial charge on any atom is 0.331 e. The first kappa shape index (κ1) is 21.4. The average molecular weight is 403 g/mol. The molecule has 148 valence electrons. The molecular weight excluding hydrogens is 382 g/mol. The molecule has 0 unspecified atom stereocenters. The summed E-state index contributed by atoms with van der Waals surface area (Å²) in [7, 11) is 1.51. The number of thioether (sulfide) groups is 1. The normalized spacial score (nSPS) is 14.9.